The van der Waals surface area contributed by atoms with Crippen LogP contribution in [0.2, 0.25) is 0 Å². The molecule has 1 aromatic rings. The van der Waals surface area contributed by atoms with Crippen molar-refractivity contribution in [3.05, 3.63) is 16.0 Å². The number of thiophene rings is 1. The SMILES string of the molecule is CCOC(=O)c1c(NC(=O)[C@@H]2CC(=O)N([C@H](C)COC)C2)sc2c1CCCC2. The van der Waals surface area contributed by atoms with Crippen LogP contribution in [0.1, 0.15) is 53.9 Å². The lowest BCUT2D eigenvalue weighted by Crippen LogP contribution is -2.38. The second-order valence-corrected chi connectivity index (χ2v) is 8.48. The molecule has 2 heterocycles. The number of fused-ring (bicyclic) bond motifs is 1. The molecule has 1 aliphatic heterocycles. The van der Waals surface area contributed by atoms with Crippen molar-refractivity contribution in [3.8, 4) is 0 Å². The molecule has 0 radical (unpaired) electrons. The van der Waals surface area contributed by atoms with Gasteiger partial charge in [-0.25, -0.2) is 4.79 Å². The first-order chi connectivity index (χ1) is 13.5. The van der Waals surface area contributed by atoms with Gasteiger partial charge in [-0.15, -0.1) is 11.3 Å². The maximum Gasteiger partial charge on any atom is 0.341 e. The number of esters is 1. The Morgan fingerprint density at radius 1 is 1.32 bits per heavy atom. The Hall–Kier alpha value is -1.93. The Morgan fingerprint density at radius 3 is 2.79 bits per heavy atom. The third kappa shape index (κ3) is 4.22. The van der Waals surface area contributed by atoms with Gasteiger partial charge in [0.1, 0.15) is 5.00 Å². The number of aryl methyl sites for hydroxylation is 1. The van der Waals surface area contributed by atoms with Crippen LogP contribution in [-0.2, 0) is 31.9 Å². The molecule has 2 aliphatic rings. The van der Waals surface area contributed by atoms with Crippen LogP contribution in [0.25, 0.3) is 0 Å². The number of hydrogen-bond donors (Lipinski definition) is 1. The van der Waals surface area contributed by atoms with Gasteiger partial charge in [-0.3, -0.25) is 9.59 Å². The number of methoxy groups -OCH3 is 1. The topological polar surface area (TPSA) is 84.9 Å². The highest BCUT2D eigenvalue weighted by molar-refractivity contribution is 7.17. The summed E-state index contributed by atoms with van der Waals surface area (Å²) in [7, 11) is 1.59. The molecule has 3 rings (SSSR count). The minimum atomic E-state index is -0.430. The molecular weight excluding hydrogens is 380 g/mol. The molecule has 2 amide bonds. The first-order valence-electron chi connectivity index (χ1n) is 9.87. The summed E-state index contributed by atoms with van der Waals surface area (Å²) in [5.41, 5.74) is 1.52. The van der Waals surface area contributed by atoms with Gasteiger partial charge < -0.3 is 19.7 Å². The molecule has 0 aromatic carbocycles. The summed E-state index contributed by atoms with van der Waals surface area (Å²) in [6.45, 7) is 4.78. The molecule has 154 valence electrons. The highest BCUT2D eigenvalue weighted by atomic mass is 32.1. The first kappa shape index (κ1) is 20.8. The zero-order valence-corrected chi connectivity index (χ0v) is 17.5. The summed E-state index contributed by atoms with van der Waals surface area (Å²) in [6.07, 6.45) is 4.06. The molecule has 28 heavy (non-hydrogen) atoms. The summed E-state index contributed by atoms with van der Waals surface area (Å²) in [6, 6.07) is -0.0700. The predicted molar refractivity (Wildman–Crippen MR) is 107 cm³/mol. The Kier molecular flexibility index (Phi) is 6.72. The highest BCUT2D eigenvalue weighted by Crippen LogP contribution is 2.39. The molecule has 1 N–H and O–H groups in total. The van der Waals surface area contributed by atoms with Gasteiger partial charge in [0.2, 0.25) is 11.8 Å². The number of nitrogens with one attached hydrogen (secondary N) is 1. The van der Waals surface area contributed by atoms with E-state index in [-0.39, 0.29) is 30.2 Å². The van der Waals surface area contributed by atoms with Gasteiger partial charge >= 0.3 is 5.97 Å². The number of carbonyl (C=O) groups is 3. The summed E-state index contributed by atoms with van der Waals surface area (Å²) >= 11 is 1.47. The lowest BCUT2D eigenvalue weighted by atomic mass is 9.95. The number of nitrogens with zero attached hydrogens (tertiary/aromatic N) is 1. The number of amides is 2. The molecule has 1 saturated heterocycles. The highest BCUT2D eigenvalue weighted by Gasteiger charge is 2.37. The molecule has 1 fully saturated rings. The Balaban J connectivity index is 1.76. The quantitative estimate of drug-likeness (QED) is 0.701. The number of carbonyl (C=O) groups excluding carboxylic acids is 3. The molecule has 0 unspecified atom stereocenters. The van der Waals surface area contributed by atoms with Crippen molar-refractivity contribution in [3.63, 3.8) is 0 Å². The summed E-state index contributed by atoms with van der Waals surface area (Å²) < 4.78 is 10.4. The van der Waals surface area contributed by atoms with E-state index >= 15 is 0 Å². The van der Waals surface area contributed by atoms with Crippen LogP contribution < -0.4 is 5.32 Å². The first-order valence-corrected chi connectivity index (χ1v) is 10.7. The maximum absolute atomic E-state index is 12.9. The van der Waals surface area contributed by atoms with Crippen LogP contribution >= 0.6 is 11.3 Å². The van der Waals surface area contributed by atoms with Crippen molar-refractivity contribution >= 4 is 34.1 Å². The van der Waals surface area contributed by atoms with Crippen LogP contribution in [0.4, 0.5) is 5.00 Å². The van der Waals surface area contributed by atoms with E-state index in [1.165, 1.54) is 11.3 Å². The standard InChI is InChI=1S/C20H28N2O5S/c1-4-27-20(25)17-14-7-5-6-8-15(14)28-19(17)21-18(24)13-9-16(23)22(10-13)12(2)11-26-3/h12-13H,4-11H2,1-3H3,(H,21,24)/t12-,13-/m1/s1. The average Bonchev–Trinajstić information content (AvgIpc) is 3.22. The number of hydrogen-bond acceptors (Lipinski definition) is 6. The van der Waals surface area contributed by atoms with E-state index in [0.717, 1.165) is 36.1 Å². The van der Waals surface area contributed by atoms with Crippen molar-refractivity contribution in [1.29, 1.82) is 0 Å². The van der Waals surface area contributed by atoms with Gasteiger partial charge in [-0.05, 0) is 45.1 Å². The van der Waals surface area contributed by atoms with Crippen LogP contribution in [0.5, 0.6) is 0 Å². The molecule has 0 spiro atoms. The van der Waals surface area contributed by atoms with Crippen molar-refractivity contribution in [1.82, 2.24) is 4.90 Å². The molecule has 1 aliphatic carbocycles. The second kappa shape index (κ2) is 9.05. The van der Waals surface area contributed by atoms with Gasteiger partial charge in [0.05, 0.1) is 30.7 Å². The fourth-order valence-corrected chi connectivity index (χ4v) is 5.23. The Bertz CT molecular complexity index is 760. The molecule has 8 heteroatoms. The van der Waals surface area contributed by atoms with Gasteiger partial charge in [0.15, 0.2) is 0 Å². The minimum Gasteiger partial charge on any atom is -0.462 e. The third-order valence-electron chi connectivity index (χ3n) is 5.36. The molecule has 2 atom stereocenters. The van der Waals surface area contributed by atoms with Crippen molar-refractivity contribution in [2.24, 2.45) is 5.92 Å². The van der Waals surface area contributed by atoms with Crippen molar-refractivity contribution in [2.75, 3.05) is 32.2 Å². The average molecular weight is 409 g/mol. The van der Waals surface area contributed by atoms with Crippen LogP contribution in [0.3, 0.4) is 0 Å². The van der Waals surface area contributed by atoms with Crippen LogP contribution in [0.15, 0.2) is 0 Å². The number of ether oxygens (including phenoxy) is 2. The zero-order valence-electron chi connectivity index (χ0n) is 16.7. The fraction of sp³-hybridized carbons (Fsp3) is 0.650. The molecule has 1 aromatic heterocycles. The molecular formula is C20H28N2O5S. The third-order valence-corrected chi connectivity index (χ3v) is 6.56. The summed E-state index contributed by atoms with van der Waals surface area (Å²) in [4.78, 5) is 40.5. The largest absolute Gasteiger partial charge is 0.462 e. The molecule has 7 nitrogen and oxygen atoms in total. The van der Waals surface area contributed by atoms with Crippen molar-refractivity contribution < 1.29 is 23.9 Å². The number of anilines is 1. The number of rotatable bonds is 7. The summed E-state index contributed by atoms with van der Waals surface area (Å²) in [5.74, 6) is -1.07. The van der Waals surface area contributed by atoms with E-state index < -0.39 is 5.92 Å². The van der Waals surface area contributed by atoms with Crippen molar-refractivity contribution in [2.45, 2.75) is 52.0 Å². The molecule has 0 saturated carbocycles. The van der Waals surface area contributed by atoms with Gasteiger partial charge in [-0.1, -0.05) is 0 Å². The maximum atomic E-state index is 12.9. The van der Waals surface area contributed by atoms with E-state index in [1.54, 1.807) is 18.9 Å². The minimum absolute atomic E-state index is 0.0409. The summed E-state index contributed by atoms with van der Waals surface area (Å²) in [5, 5.41) is 3.49. The lowest BCUT2D eigenvalue weighted by molar-refractivity contribution is -0.130. The van der Waals surface area contributed by atoms with E-state index in [0.29, 0.717) is 30.3 Å². The van der Waals surface area contributed by atoms with Gasteiger partial charge in [0, 0.05) is 25.0 Å². The lowest BCUT2D eigenvalue weighted by Gasteiger charge is -2.23. The molecule has 0 bridgehead atoms. The van der Waals surface area contributed by atoms with Crippen LogP contribution in [-0.4, -0.2) is 55.6 Å². The fourth-order valence-electron chi connectivity index (χ4n) is 3.95. The second-order valence-electron chi connectivity index (χ2n) is 7.38. The van der Waals surface area contributed by atoms with E-state index in [9.17, 15) is 14.4 Å². The van der Waals surface area contributed by atoms with Crippen LogP contribution in [0, 0.1) is 5.92 Å². The monoisotopic (exact) mass is 408 g/mol. The van der Waals surface area contributed by atoms with Gasteiger partial charge in [0.25, 0.3) is 0 Å². The number of likely N-dealkylation sites (tertiary alicyclic amines) is 1. The zero-order chi connectivity index (χ0) is 20.3. The predicted octanol–water partition coefficient (Wildman–Crippen LogP) is 2.63. The normalized spacial score (nSPS) is 20.0. The Morgan fingerprint density at radius 2 is 2.07 bits per heavy atom. The van der Waals surface area contributed by atoms with E-state index in [4.69, 9.17) is 9.47 Å². The van der Waals surface area contributed by atoms with E-state index in [2.05, 4.69) is 5.32 Å². The Labute approximate surface area is 169 Å². The van der Waals surface area contributed by atoms with E-state index in [1.807, 2.05) is 6.92 Å². The van der Waals surface area contributed by atoms with Gasteiger partial charge in [-0.2, -0.15) is 0 Å². The smallest absolute Gasteiger partial charge is 0.341 e.